The maximum Gasteiger partial charge on any atom is 0.338 e. The molecule has 3 aromatic carbocycles. The van der Waals surface area contributed by atoms with Crippen LogP contribution in [0.1, 0.15) is 21.5 Å². The first-order chi connectivity index (χ1) is 19.6. The molecule has 210 valence electrons. The number of methoxy groups -OCH3 is 1. The van der Waals surface area contributed by atoms with Gasteiger partial charge in [0.25, 0.3) is 17.1 Å². The summed E-state index contributed by atoms with van der Waals surface area (Å²) in [7, 11) is 1.46. The van der Waals surface area contributed by atoms with Crippen LogP contribution >= 0.6 is 23.4 Å². The number of hydrogen-bond donors (Lipinski definition) is 2. The number of nitrogens with zero attached hydrogens (tertiary/aromatic N) is 1. The molecule has 2 N–H and O–H groups in total. The van der Waals surface area contributed by atoms with Gasteiger partial charge in [-0.3, -0.25) is 24.1 Å². The zero-order chi connectivity index (χ0) is 29.5. The number of amides is 4. The lowest BCUT2D eigenvalue weighted by atomic mass is 10.1. The molecular formula is C29H24ClN3O7S. The van der Waals surface area contributed by atoms with Gasteiger partial charge in [0.1, 0.15) is 12.3 Å². The first-order valence-electron chi connectivity index (χ1n) is 12.2. The highest BCUT2D eigenvalue weighted by atomic mass is 35.5. The van der Waals surface area contributed by atoms with Crippen molar-refractivity contribution in [2.45, 2.75) is 6.92 Å². The third-order valence-electron chi connectivity index (χ3n) is 5.72. The van der Waals surface area contributed by atoms with Crippen molar-refractivity contribution in [2.24, 2.45) is 0 Å². The number of rotatable bonds is 9. The highest BCUT2D eigenvalue weighted by Gasteiger charge is 2.36. The predicted molar refractivity (Wildman–Crippen MR) is 156 cm³/mol. The van der Waals surface area contributed by atoms with Crippen LogP contribution in [0.25, 0.3) is 6.08 Å². The molecule has 3 aromatic rings. The molecule has 1 fully saturated rings. The Morgan fingerprint density at radius 2 is 1.59 bits per heavy atom. The Morgan fingerprint density at radius 3 is 2.24 bits per heavy atom. The van der Waals surface area contributed by atoms with E-state index < -0.39 is 42.1 Å². The van der Waals surface area contributed by atoms with Crippen LogP contribution in [0, 0.1) is 6.92 Å². The summed E-state index contributed by atoms with van der Waals surface area (Å²) in [6, 6.07) is 17.9. The van der Waals surface area contributed by atoms with Gasteiger partial charge in [0, 0.05) is 11.4 Å². The van der Waals surface area contributed by atoms with Crippen LogP contribution in [0.3, 0.4) is 0 Å². The van der Waals surface area contributed by atoms with E-state index in [2.05, 4.69) is 10.6 Å². The summed E-state index contributed by atoms with van der Waals surface area (Å²) in [6.07, 6.45) is 1.48. The van der Waals surface area contributed by atoms with Crippen molar-refractivity contribution in [3.63, 3.8) is 0 Å². The molecule has 0 saturated carbocycles. The first-order valence-corrected chi connectivity index (χ1v) is 13.3. The number of aryl methyl sites for hydroxylation is 1. The van der Waals surface area contributed by atoms with Crippen molar-refractivity contribution in [3.05, 3.63) is 93.3 Å². The number of halogens is 1. The Kier molecular flexibility index (Phi) is 9.43. The molecular weight excluding hydrogens is 570 g/mol. The minimum absolute atomic E-state index is 0.124. The molecule has 41 heavy (non-hydrogen) atoms. The number of esters is 1. The molecule has 0 radical (unpaired) electrons. The lowest BCUT2D eigenvalue weighted by Crippen LogP contribution is -2.36. The largest absolute Gasteiger partial charge is 0.495 e. The number of carbonyl (C=O) groups is 5. The van der Waals surface area contributed by atoms with Gasteiger partial charge < -0.3 is 20.1 Å². The summed E-state index contributed by atoms with van der Waals surface area (Å²) in [6.45, 7) is 0.992. The van der Waals surface area contributed by atoms with Crippen LogP contribution in [-0.4, -0.2) is 54.1 Å². The van der Waals surface area contributed by atoms with E-state index in [-0.39, 0.29) is 10.5 Å². The summed E-state index contributed by atoms with van der Waals surface area (Å²) < 4.78 is 10.1. The van der Waals surface area contributed by atoms with Gasteiger partial charge in [-0.15, -0.1) is 0 Å². The van der Waals surface area contributed by atoms with Crippen molar-refractivity contribution in [3.8, 4) is 5.75 Å². The van der Waals surface area contributed by atoms with E-state index in [1.807, 2.05) is 19.1 Å². The zero-order valence-corrected chi connectivity index (χ0v) is 23.5. The fourth-order valence-corrected chi connectivity index (χ4v) is 4.74. The molecule has 0 atom stereocenters. The number of thioether (sulfide) groups is 1. The summed E-state index contributed by atoms with van der Waals surface area (Å²) in [4.78, 5) is 63.1. The van der Waals surface area contributed by atoms with E-state index >= 15 is 0 Å². The third kappa shape index (κ3) is 7.74. The van der Waals surface area contributed by atoms with Crippen LogP contribution in [0.5, 0.6) is 5.75 Å². The van der Waals surface area contributed by atoms with Crippen LogP contribution in [0.4, 0.5) is 16.2 Å². The quantitative estimate of drug-likeness (QED) is 0.258. The Hall–Kier alpha value is -4.61. The summed E-state index contributed by atoms with van der Waals surface area (Å²) in [5, 5.41) is 4.94. The smallest absolute Gasteiger partial charge is 0.338 e. The second kappa shape index (κ2) is 13.2. The van der Waals surface area contributed by atoms with Crippen molar-refractivity contribution < 1.29 is 33.4 Å². The molecule has 0 aliphatic carbocycles. The van der Waals surface area contributed by atoms with Gasteiger partial charge >= 0.3 is 5.97 Å². The van der Waals surface area contributed by atoms with E-state index in [1.165, 1.54) is 31.4 Å². The first kappa shape index (κ1) is 29.4. The molecule has 4 amide bonds. The average Bonchev–Trinajstić information content (AvgIpc) is 3.20. The summed E-state index contributed by atoms with van der Waals surface area (Å²) >= 11 is 6.76. The minimum atomic E-state index is -0.694. The maximum absolute atomic E-state index is 12.8. The van der Waals surface area contributed by atoms with Crippen molar-refractivity contribution in [1.82, 2.24) is 4.90 Å². The molecule has 0 spiro atoms. The van der Waals surface area contributed by atoms with Crippen molar-refractivity contribution in [2.75, 3.05) is 30.9 Å². The number of anilines is 2. The molecule has 1 aliphatic rings. The van der Waals surface area contributed by atoms with Gasteiger partial charge in [-0.25, -0.2) is 4.79 Å². The molecule has 0 bridgehead atoms. The molecule has 0 unspecified atom stereocenters. The van der Waals surface area contributed by atoms with Crippen LogP contribution in [-0.2, 0) is 19.1 Å². The Balaban J connectivity index is 1.30. The van der Waals surface area contributed by atoms with Crippen LogP contribution in [0.15, 0.2) is 71.6 Å². The minimum Gasteiger partial charge on any atom is -0.495 e. The topological polar surface area (TPSA) is 131 Å². The Morgan fingerprint density at radius 1 is 0.927 bits per heavy atom. The Bertz CT molecular complexity index is 1540. The van der Waals surface area contributed by atoms with Gasteiger partial charge in [-0.05, 0) is 72.8 Å². The molecule has 1 aliphatic heterocycles. The molecule has 10 nitrogen and oxygen atoms in total. The zero-order valence-electron chi connectivity index (χ0n) is 21.9. The monoisotopic (exact) mass is 593 g/mol. The molecule has 1 heterocycles. The van der Waals surface area contributed by atoms with Crippen molar-refractivity contribution >= 4 is 69.7 Å². The van der Waals surface area contributed by atoms with E-state index in [4.69, 9.17) is 21.1 Å². The van der Waals surface area contributed by atoms with Gasteiger partial charge in [0.15, 0.2) is 6.61 Å². The normalized spacial score (nSPS) is 13.7. The highest BCUT2D eigenvalue weighted by Crippen LogP contribution is 2.32. The number of ether oxygens (including phenoxy) is 2. The average molecular weight is 594 g/mol. The second-order valence-corrected chi connectivity index (χ2v) is 10.2. The van der Waals surface area contributed by atoms with Crippen LogP contribution < -0.4 is 15.4 Å². The number of carbonyl (C=O) groups excluding carboxylic acids is 5. The fraction of sp³-hybridized carbons (Fsp3) is 0.138. The predicted octanol–water partition coefficient (Wildman–Crippen LogP) is 5.13. The molecule has 0 aromatic heterocycles. The maximum atomic E-state index is 12.8. The number of hydrogen-bond acceptors (Lipinski definition) is 8. The van der Waals surface area contributed by atoms with Crippen LogP contribution in [0.2, 0.25) is 5.02 Å². The summed E-state index contributed by atoms with van der Waals surface area (Å²) in [5.74, 6) is -1.93. The summed E-state index contributed by atoms with van der Waals surface area (Å²) in [5.41, 5.74) is 2.77. The van der Waals surface area contributed by atoms with Gasteiger partial charge in [0.05, 0.1) is 22.6 Å². The number of nitrogens with one attached hydrogen (secondary N) is 2. The molecule has 1 saturated heterocycles. The standard InChI is InChI=1S/C29H24ClN3O7S/c1-17-3-9-20(10-4-17)31-26(35)16-40-28(37)19-7-5-18(6-8-19)13-24-27(36)33(29(38)41-24)15-25(34)32-21-11-12-23(39-2)22(30)14-21/h3-14H,15-16H2,1-2H3,(H,31,35)(H,32,34)/b24-13-. The SMILES string of the molecule is COc1ccc(NC(=O)CN2C(=O)S/C(=C\c3ccc(C(=O)OCC(=O)Nc4ccc(C)cc4)cc3)C2=O)cc1Cl. The Labute approximate surface area is 244 Å². The molecule has 12 heteroatoms. The van der Waals surface area contributed by atoms with E-state index in [0.717, 1.165) is 10.5 Å². The highest BCUT2D eigenvalue weighted by molar-refractivity contribution is 8.18. The van der Waals surface area contributed by atoms with Gasteiger partial charge in [-0.2, -0.15) is 0 Å². The van der Waals surface area contributed by atoms with E-state index in [0.29, 0.717) is 39.5 Å². The van der Waals surface area contributed by atoms with E-state index in [1.54, 1.807) is 36.4 Å². The number of benzene rings is 3. The van der Waals surface area contributed by atoms with E-state index in [9.17, 15) is 24.0 Å². The second-order valence-electron chi connectivity index (χ2n) is 8.78. The van der Waals surface area contributed by atoms with Gasteiger partial charge in [0.2, 0.25) is 5.91 Å². The third-order valence-corrected chi connectivity index (χ3v) is 6.93. The number of imide groups is 1. The van der Waals surface area contributed by atoms with Crippen molar-refractivity contribution in [1.29, 1.82) is 0 Å². The lowest BCUT2D eigenvalue weighted by Gasteiger charge is -2.13. The lowest BCUT2D eigenvalue weighted by molar-refractivity contribution is -0.127. The fourth-order valence-electron chi connectivity index (χ4n) is 3.64. The molecule has 4 rings (SSSR count). The van der Waals surface area contributed by atoms with Gasteiger partial charge in [-0.1, -0.05) is 41.4 Å².